The number of Topliss-reactive ketones (excluding diaryl/α,β-unsaturated/α-hetero) is 1. The fourth-order valence-electron chi connectivity index (χ4n) is 3.92. The van der Waals surface area contributed by atoms with Gasteiger partial charge in [0.1, 0.15) is 12.0 Å². The Morgan fingerprint density at radius 3 is 2.19 bits per heavy atom. The van der Waals surface area contributed by atoms with Crippen molar-refractivity contribution in [3.63, 3.8) is 0 Å². The first-order valence-corrected chi connectivity index (χ1v) is 11.4. The van der Waals surface area contributed by atoms with Crippen molar-refractivity contribution in [1.82, 2.24) is 0 Å². The third-order valence-corrected chi connectivity index (χ3v) is 7.43. The van der Waals surface area contributed by atoms with Gasteiger partial charge in [-0.1, -0.05) is 59.6 Å². The second kappa shape index (κ2) is 7.94. The molecule has 0 aliphatic carbocycles. The number of nitrogens with zero attached hydrogens (tertiary/aromatic N) is 1. The average molecular weight is 480 g/mol. The summed E-state index contributed by atoms with van der Waals surface area (Å²) in [5.41, 5.74) is 0.193. The van der Waals surface area contributed by atoms with Crippen molar-refractivity contribution in [2.75, 3.05) is 4.31 Å². The number of rotatable bonds is 4. The highest BCUT2D eigenvalue weighted by Gasteiger charge is 2.59. The molecule has 1 aliphatic rings. The maximum absolute atomic E-state index is 14.3. The van der Waals surface area contributed by atoms with Crippen LogP contribution in [0.15, 0.2) is 77.7 Å². The standard InChI is InChI=1S/C23H17ClF3NO3S/c1-14-7-10-17(11-8-14)32(30,31)28-19-12-9-16(24)13-18(19)20(23(25,26)27)21(28)22(29)15-5-3-2-4-6-15/h2-13,20-21H,1H3/t20-,21-/m1/s1. The van der Waals surface area contributed by atoms with E-state index in [4.69, 9.17) is 11.6 Å². The second-order valence-electron chi connectivity index (χ2n) is 7.51. The fourth-order valence-corrected chi connectivity index (χ4v) is 5.75. The second-order valence-corrected chi connectivity index (χ2v) is 9.76. The minimum Gasteiger partial charge on any atom is -0.292 e. The number of benzene rings is 3. The van der Waals surface area contributed by atoms with Crippen molar-refractivity contribution in [2.24, 2.45) is 0 Å². The third-order valence-electron chi connectivity index (χ3n) is 5.39. The molecule has 0 unspecified atom stereocenters. The number of hydrogen-bond acceptors (Lipinski definition) is 3. The summed E-state index contributed by atoms with van der Waals surface area (Å²) in [7, 11) is -4.51. The van der Waals surface area contributed by atoms with Crippen molar-refractivity contribution < 1.29 is 26.4 Å². The van der Waals surface area contributed by atoms with E-state index in [1.54, 1.807) is 25.1 Å². The smallest absolute Gasteiger partial charge is 0.292 e. The maximum atomic E-state index is 14.3. The van der Waals surface area contributed by atoms with Gasteiger partial charge < -0.3 is 0 Å². The zero-order valence-corrected chi connectivity index (χ0v) is 18.2. The molecule has 4 rings (SSSR count). The van der Waals surface area contributed by atoms with E-state index in [0.717, 1.165) is 11.6 Å². The first-order valence-electron chi connectivity index (χ1n) is 9.58. The summed E-state index contributed by atoms with van der Waals surface area (Å²) < 4.78 is 70.7. The van der Waals surface area contributed by atoms with E-state index in [-0.39, 0.29) is 26.7 Å². The summed E-state index contributed by atoms with van der Waals surface area (Å²) in [5.74, 6) is -3.32. The van der Waals surface area contributed by atoms with Crippen LogP contribution in [0, 0.1) is 6.92 Å². The summed E-state index contributed by atoms with van der Waals surface area (Å²) in [5, 5.41) is 0.0125. The Morgan fingerprint density at radius 2 is 1.59 bits per heavy atom. The van der Waals surface area contributed by atoms with Gasteiger partial charge in [-0.3, -0.25) is 9.10 Å². The van der Waals surface area contributed by atoms with Gasteiger partial charge in [0.25, 0.3) is 10.0 Å². The first-order chi connectivity index (χ1) is 15.0. The molecule has 3 aromatic carbocycles. The Hall–Kier alpha value is -2.84. The topological polar surface area (TPSA) is 54.5 Å². The van der Waals surface area contributed by atoms with Gasteiger partial charge in [-0.15, -0.1) is 0 Å². The Kier molecular flexibility index (Phi) is 5.55. The number of anilines is 1. The minimum absolute atomic E-state index is 0.0125. The van der Waals surface area contributed by atoms with Crippen LogP contribution < -0.4 is 4.31 Å². The van der Waals surface area contributed by atoms with Crippen LogP contribution in [0.5, 0.6) is 0 Å². The molecule has 2 atom stereocenters. The Morgan fingerprint density at radius 1 is 0.969 bits per heavy atom. The van der Waals surface area contributed by atoms with Gasteiger partial charge in [0.2, 0.25) is 0 Å². The van der Waals surface area contributed by atoms with Crippen molar-refractivity contribution in [1.29, 1.82) is 0 Å². The van der Waals surface area contributed by atoms with Gasteiger partial charge in [0, 0.05) is 10.6 Å². The van der Waals surface area contributed by atoms with Crippen molar-refractivity contribution >= 4 is 33.1 Å². The Labute approximate surface area is 188 Å². The molecule has 9 heteroatoms. The van der Waals surface area contributed by atoms with E-state index in [2.05, 4.69) is 0 Å². The van der Waals surface area contributed by atoms with Crippen LogP contribution in [0.1, 0.15) is 27.4 Å². The van der Waals surface area contributed by atoms with Crippen LogP contribution in [0.3, 0.4) is 0 Å². The van der Waals surface area contributed by atoms with Crippen molar-refractivity contribution in [3.05, 3.63) is 94.5 Å². The molecule has 0 radical (unpaired) electrons. The summed E-state index contributed by atoms with van der Waals surface area (Å²) in [6.45, 7) is 1.75. The Balaban J connectivity index is 1.98. The Bertz CT molecular complexity index is 1280. The SMILES string of the molecule is Cc1ccc(S(=O)(=O)N2c3ccc(Cl)cc3[C@@H](C(F)(F)F)[C@@H]2C(=O)c2ccccc2)cc1. The highest BCUT2D eigenvalue weighted by Crippen LogP contribution is 2.52. The lowest BCUT2D eigenvalue weighted by Crippen LogP contribution is -2.47. The lowest BCUT2D eigenvalue weighted by Gasteiger charge is -2.29. The molecule has 32 heavy (non-hydrogen) atoms. The zero-order chi connectivity index (χ0) is 23.3. The summed E-state index contributed by atoms with van der Waals surface area (Å²) in [6, 6.07) is 14.6. The number of hydrogen-bond donors (Lipinski definition) is 0. The van der Waals surface area contributed by atoms with Crippen LogP contribution in [0.25, 0.3) is 0 Å². The van der Waals surface area contributed by atoms with E-state index in [1.165, 1.54) is 48.5 Å². The van der Waals surface area contributed by atoms with E-state index in [0.29, 0.717) is 4.31 Å². The summed E-state index contributed by atoms with van der Waals surface area (Å²) in [6.07, 6.45) is -4.90. The number of sulfonamides is 1. The number of carbonyl (C=O) groups is 1. The number of alkyl halides is 3. The van der Waals surface area contributed by atoms with Crippen LogP contribution in [-0.4, -0.2) is 26.4 Å². The van der Waals surface area contributed by atoms with Gasteiger partial charge >= 0.3 is 6.18 Å². The van der Waals surface area contributed by atoms with Crippen LogP contribution in [0.2, 0.25) is 5.02 Å². The van der Waals surface area contributed by atoms with E-state index >= 15 is 0 Å². The van der Waals surface area contributed by atoms with Crippen LogP contribution in [0.4, 0.5) is 18.9 Å². The highest BCUT2D eigenvalue weighted by atomic mass is 35.5. The van der Waals surface area contributed by atoms with Gasteiger partial charge in [-0.2, -0.15) is 13.2 Å². The van der Waals surface area contributed by atoms with Crippen LogP contribution >= 0.6 is 11.6 Å². The van der Waals surface area contributed by atoms with E-state index < -0.39 is 33.9 Å². The largest absolute Gasteiger partial charge is 0.398 e. The van der Waals surface area contributed by atoms with Crippen molar-refractivity contribution in [2.45, 2.75) is 30.0 Å². The average Bonchev–Trinajstić information content (AvgIpc) is 3.09. The molecule has 0 spiro atoms. The highest BCUT2D eigenvalue weighted by molar-refractivity contribution is 7.93. The lowest BCUT2D eigenvalue weighted by molar-refractivity contribution is -0.150. The molecule has 0 N–H and O–H groups in total. The summed E-state index contributed by atoms with van der Waals surface area (Å²) in [4.78, 5) is 13.2. The molecular weight excluding hydrogens is 463 g/mol. The summed E-state index contributed by atoms with van der Waals surface area (Å²) >= 11 is 5.96. The fraction of sp³-hybridized carbons (Fsp3) is 0.174. The van der Waals surface area contributed by atoms with Gasteiger partial charge in [-0.05, 0) is 42.8 Å². The lowest BCUT2D eigenvalue weighted by atomic mass is 9.89. The molecule has 0 saturated carbocycles. The van der Waals surface area contributed by atoms with Gasteiger partial charge in [0.15, 0.2) is 5.78 Å². The number of halogens is 4. The predicted octanol–water partition coefficient (Wildman–Crippen LogP) is 5.75. The van der Waals surface area contributed by atoms with Gasteiger partial charge in [-0.25, -0.2) is 8.42 Å². The van der Waals surface area contributed by atoms with Crippen LogP contribution in [-0.2, 0) is 10.0 Å². The number of ketones is 1. The minimum atomic E-state index is -4.90. The number of carbonyl (C=O) groups excluding carboxylic acids is 1. The zero-order valence-electron chi connectivity index (χ0n) is 16.7. The van der Waals surface area contributed by atoms with Crippen molar-refractivity contribution in [3.8, 4) is 0 Å². The molecule has 0 aromatic heterocycles. The van der Waals surface area contributed by atoms with E-state index in [9.17, 15) is 26.4 Å². The molecule has 166 valence electrons. The predicted molar refractivity (Wildman–Crippen MR) is 116 cm³/mol. The molecule has 0 bridgehead atoms. The molecular formula is C23H17ClF3NO3S. The molecule has 0 saturated heterocycles. The molecule has 4 nitrogen and oxygen atoms in total. The first kappa shape index (κ1) is 22.4. The number of fused-ring (bicyclic) bond motifs is 1. The molecule has 3 aromatic rings. The molecule has 1 aliphatic heterocycles. The monoisotopic (exact) mass is 479 g/mol. The number of aryl methyl sites for hydroxylation is 1. The molecule has 0 amide bonds. The molecule has 1 heterocycles. The van der Waals surface area contributed by atoms with Gasteiger partial charge in [0.05, 0.1) is 10.6 Å². The quantitative estimate of drug-likeness (QED) is 0.447. The maximum Gasteiger partial charge on any atom is 0.398 e. The normalized spacial score (nSPS) is 18.5. The third kappa shape index (κ3) is 3.78. The van der Waals surface area contributed by atoms with E-state index in [1.807, 2.05) is 0 Å². The molecule has 0 fully saturated rings.